The molecule has 3 aliphatic rings. The molecule has 32 heavy (non-hydrogen) atoms. The van der Waals surface area contributed by atoms with Crippen LogP contribution in [0.1, 0.15) is 35.7 Å². The number of rotatable bonds is 5. The highest BCUT2D eigenvalue weighted by atomic mass is 19.1. The highest BCUT2D eigenvalue weighted by Gasteiger charge is 2.51. The Bertz CT molecular complexity index is 1120. The van der Waals surface area contributed by atoms with Gasteiger partial charge in [-0.25, -0.2) is 19.3 Å². The van der Waals surface area contributed by atoms with E-state index in [2.05, 4.69) is 21.9 Å². The van der Waals surface area contributed by atoms with E-state index >= 15 is 0 Å². The number of hydrogen-bond donors (Lipinski definition) is 0. The van der Waals surface area contributed by atoms with Gasteiger partial charge in [0.1, 0.15) is 12.4 Å². The van der Waals surface area contributed by atoms with E-state index in [9.17, 15) is 9.18 Å². The van der Waals surface area contributed by atoms with Crippen molar-refractivity contribution in [3.05, 3.63) is 71.9 Å². The number of aromatic nitrogens is 3. The van der Waals surface area contributed by atoms with E-state index < -0.39 is 5.82 Å². The molecule has 164 valence electrons. The summed E-state index contributed by atoms with van der Waals surface area (Å²) in [6, 6.07) is 10.5. The van der Waals surface area contributed by atoms with Crippen molar-refractivity contribution < 1.29 is 13.9 Å². The summed E-state index contributed by atoms with van der Waals surface area (Å²) in [6.07, 6.45) is 6.54. The first-order valence-corrected chi connectivity index (χ1v) is 11.0. The van der Waals surface area contributed by atoms with Crippen molar-refractivity contribution in [2.45, 2.75) is 38.8 Å². The SMILES string of the molecule is Cc1ccc(C(=O)N2C3CC(C3)C(C)C2COc2ccc(F)cn2)c(-c2ncccn2)c1. The number of piperidine rings is 2. The Morgan fingerprint density at radius 2 is 1.94 bits per heavy atom. The molecular formula is C25H25FN4O2. The molecule has 0 radical (unpaired) electrons. The zero-order valence-corrected chi connectivity index (χ0v) is 18.1. The number of aryl methyl sites for hydroxylation is 1. The molecule has 3 fully saturated rings. The summed E-state index contributed by atoms with van der Waals surface area (Å²) in [7, 11) is 0. The third-order valence-corrected chi connectivity index (χ3v) is 6.80. The van der Waals surface area contributed by atoms with Crippen LogP contribution in [0.2, 0.25) is 0 Å². The fourth-order valence-electron chi connectivity index (χ4n) is 4.90. The van der Waals surface area contributed by atoms with Crippen LogP contribution < -0.4 is 4.74 Å². The zero-order valence-electron chi connectivity index (χ0n) is 18.1. The predicted octanol–water partition coefficient (Wildman–Crippen LogP) is 4.30. The first-order chi connectivity index (χ1) is 15.5. The standard InChI is InChI=1S/C25H25FN4O2/c1-15-4-6-20(21(10-15)24-27-8-3-9-28-24)25(31)30-19-11-17(12-19)16(2)22(30)14-32-23-7-5-18(26)13-29-23/h3-10,13,16-17,19,22H,11-12,14H2,1-2H3. The molecule has 2 bridgehead atoms. The van der Waals surface area contributed by atoms with Gasteiger partial charge in [0, 0.05) is 30.1 Å². The quantitative estimate of drug-likeness (QED) is 0.601. The Labute approximate surface area is 186 Å². The molecule has 7 heteroatoms. The minimum atomic E-state index is -0.406. The molecule has 2 aromatic heterocycles. The molecule has 2 aliphatic heterocycles. The maximum atomic E-state index is 13.9. The van der Waals surface area contributed by atoms with Crippen molar-refractivity contribution in [2.24, 2.45) is 11.8 Å². The van der Waals surface area contributed by atoms with Crippen LogP contribution in [0.3, 0.4) is 0 Å². The van der Waals surface area contributed by atoms with Crippen molar-refractivity contribution in [1.82, 2.24) is 19.9 Å². The molecule has 4 heterocycles. The van der Waals surface area contributed by atoms with E-state index in [0.29, 0.717) is 35.7 Å². The van der Waals surface area contributed by atoms with Gasteiger partial charge in [-0.15, -0.1) is 0 Å². The lowest BCUT2D eigenvalue weighted by Gasteiger charge is -2.57. The Balaban J connectivity index is 1.45. The van der Waals surface area contributed by atoms with Crippen molar-refractivity contribution >= 4 is 5.91 Å². The van der Waals surface area contributed by atoms with Gasteiger partial charge in [0.2, 0.25) is 5.88 Å². The number of ether oxygens (including phenoxy) is 1. The van der Waals surface area contributed by atoms with Crippen LogP contribution in [0.15, 0.2) is 55.0 Å². The summed E-state index contributed by atoms with van der Waals surface area (Å²) in [5.41, 5.74) is 2.39. The molecule has 2 unspecified atom stereocenters. The summed E-state index contributed by atoms with van der Waals surface area (Å²) >= 11 is 0. The van der Waals surface area contributed by atoms with E-state index in [4.69, 9.17) is 4.74 Å². The first-order valence-electron chi connectivity index (χ1n) is 11.0. The lowest BCUT2D eigenvalue weighted by molar-refractivity contribution is -0.0674. The van der Waals surface area contributed by atoms with Gasteiger partial charge < -0.3 is 9.64 Å². The number of hydrogen-bond acceptors (Lipinski definition) is 5. The zero-order chi connectivity index (χ0) is 22.2. The fraction of sp³-hybridized carbons (Fsp3) is 0.360. The Kier molecular flexibility index (Phi) is 5.33. The minimum absolute atomic E-state index is 0.0249. The number of amides is 1. The van der Waals surface area contributed by atoms with Crippen LogP contribution in [-0.2, 0) is 0 Å². The van der Waals surface area contributed by atoms with Gasteiger partial charge in [0.05, 0.1) is 17.8 Å². The molecule has 6 nitrogen and oxygen atoms in total. The van der Waals surface area contributed by atoms with E-state index in [1.807, 2.05) is 30.0 Å². The maximum Gasteiger partial charge on any atom is 0.255 e. The predicted molar refractivity (Wildman–Crippen MR) is 118 cm³/mol. The largest absolute Gasteiger partial charge is 0.475 e. The van der Waals surface area contributed by atoms with Gasteiger partial charge in [-0.1, -0.05) is 18.6 Å². The van der Waals surface area contributed by atoms with Gasteiger partial charge in [0.15, 0.2) is 5.82 Å². The number of halogens is 1. The molecule has 1 amide bonds. The van der Waals surface area contributed by atoms with E-state index in [1.54, 1.807) is 18.5 Å². The van der Waals surface area contributed by atoms with Gasteiger partial charge >= 0.3 is 0 Å². The molecule has 3 aromatic rings. The maximum absolute atomic E-state index is 13.9. The fourth-order valence-corrected chi connectivity index (χ4v) is 4.90. The topological polar surface area (TPSA) is 68.2 Å². The third-order valence-electron chi connectivity index (χ3n) is 6.80. The summed E-state index contributed by atoms with van der Waals surface area (Å²) < 4.78 is 19.1. The molecule has 1 aromatic carbocycles. The second-order valence-corrected chi connectivity index (χ2v) is 8.77. The van der Waals surface area contributed by atoms with E-state index in [-0.39, 0.29) is 18.0 Å². The Morgan fingerprint density at radius 1 is 1.16 bits per heavy atom. The van der Waals surface area contributed by atoms with Gasteiger partial charge in [0.25, 0.3) is 5.91 Å². The van der Waals surface area contributed by atoms with Crippen molar-refractivity contribution in [3.63, 3.8) is 0 Å². The van der Waals surface area contributed by atoms with Crippen molar-refractivity contribution in [2.75, 3.05) is 6.61 Å². The van der Waals surface area contributed by atoms with Crippen molar-refractivity contribution in [3.8, 4) is 17.3 Å². The minimum Gasteiger partial charge on any atom is -0.475 e. The van der Waals surface area contributed by atoms with Crippen LogP contribution in [0, 0.1) is 24.6 Å². The highest BCUT2D eigenvalue weighted by molar-refractivity contribution is 6.00. The first kappa shape index (κ1) is 20.5. The Morgan fingerprint density at radius 3 is 2.66 bits per heavy atom. The molecule has 2 atom stereocenters. The second kappa shape index (κ2) is 8.30. The van der Waals surface area contributed by atoms with Crippen LogP contribution in [-0.4, -0.2) is 44.4 Å². The summed E-state index contributed by atoms with van der Waals surface area (Å²) in [6.45, 7) is 4.50. The molecule has 1 aliphatic carbocycles. The highest BCUT2D eigenvalue weighted by Crippen LogP contribution is 2.47. The molecule has 6 rings (SSSR count). The molecular weight excluding hydrogens is 407 g/mol. The average molecular weight is 432 g/mol. The summed E-state index contributed by atoms with van der Waals surface area (Å²) in [5.74, 6) is 1.36. The van der Waals surface area contributed by atoms with E-state index in [1.165, 1.54) is 12.1 Å². The third kappa shape index (κ3) is 3.72. The van der Waals surface area contributed by atoms with Crippen LogP contribution >= 0.6 is 0 Å². The Hall–Kier alpha value is -3.35. The summed E-state index contributed by atoms with van der Waals surface area (Å²) in [4.78, 5) is 28.6. The lowest BCUT2D eigenvalue weighted by Crippen LogP contribution is -2.64. The molecule has 0 spiro atoms. The van der Waals surface area contributed by atoms with Crippen molar-refractivity contribution in [1.29, 1.82) is 0 Å². The molecule has 0 N–H and O–H groups in total. The number of carbonyl (C=O) groups is 1. The van der Waals surface area contributed by atoms with Gasteiger partial charge in [-0.3, -0.25) is 4.79 Å². The van der Waals surface area contributed by atoms with Gasteiger partial charge in [-0.2, -0.15) is 0 Å². The van der Waals surface area contributed by atoms with E-state index in [0.717, 1.165) is 30.2 Å². The van der Waals surface area contributed by atoms with Crippen LogP contribution in [0.5, 0.6) is 5.88 Å². The number of pyridine rings is 1. The molecule has 2 saturated heterocycles. The number of fused-ring (bicyclic) bond motifs is 2. The van der Waals surface area contributed by atoms with Gasteiger partial charge in [-0.05, 0) is 55.9 Å². The number of nitrogens with zero attached hydrogens (tertiary/aromatic N) is 4. The lowest BCUT2D eigenvalue weighted by atomic mass is 9.64. The normalized spacial score (nSPS) is 24.0. The smallest absolute Gasteiger partial charge is 0.255 e. The van der Waals surface area contributed by atoms with Crippen LogP contribution in [0.25, 0.3) is 11.4 Å². The number of benzene rings is 1. The van der Waals surface area contributed by atoms with Crippen LogP contribution in [0.4, 0.5) is 4.39 Å². The summed E-state index contributed by atoms with van der Waals surface area (Å²) in [5, 5.41) is 0. The number of carbonyl (C=O) groups excluding carboxylic acids is 1. The second-order valence-electron chi connectivity index (χ2n) is 8.77. The monoisotopic (exact) mass is 432 g/mol. The average Bonchev–Trinajstić information content (AvgIpc) is 2.78. The molecule has 1 saturated carbocycles.